The van der Waals surface area contributed by atoms with Gasteiger partial charge >= 0.3 is 0 Å². The van der Waals surface area contributed by atoms with Gasteiger partial charge in [-0.3, -0.25) is 0 Å². The van der Waals surface area contributed by atoms with Crippen LogP contribution in [0.15, 0.2) is 0 Å². The molecule has 0 aromatic rings. The van der Waals surface area contributed by atoms with Crippen LogP contribution in [0, 0.1) is 0 Å². The van der Waals surface area contributed by atoms with Crippen molar-refractivity contribution in [2.24, 2.45) is 0 Å². The van der Waals surface area contributed by atoms with Crippen molar-refractivity contribution in [3.05, 3.63) is 0 Å². The summed E-state index contributed by atoms with van der Waals surface area (Å²) in [5, 5.41) is 6.92. The second-order valence-electron chi connectivity index (χ2n) is 4.64. The first-order valence-electron chi connectivity index (χ1n) is 6.92. The molecule has 3 nitrogen and oxygen atoms in total. The second-order valence-corrected chi connectivity index (χ2v) is 4.64. The Morgan fingerprint density at radius 1 is 1.25 bits per heavy atom. The predicted molar refractivity (Wildman–Crippen MR) is 68.8 cm³/mol. The van der Waals surface area contributed by atoms with E-state index in [4.69, 9.17) is 4.74 Å². The van der Waals surface area contributed by atoms with Gasteiger partial charge in [0.15, 0.2) is 0 Å². The number of ether oxygens (including phenoxy) is 1. The number of hydrogen-bond donors (Lipinski definition) is 2. The maximum absolute atomic E-state index is 5.85. The second kappa shape index (κ2) is 8.97. The van der Waals surface area contributed by atoms with Crippen LogP contribution in [0.2, 0.25) is 0 Å². The molecule has 0 aliphatic carbocycles. The van der Waals surface area contributed by atoms with E-state index in [9.17, 15) is 0 Å². The average Bonchev–Trinajstić information content (AvgIpc) is 2.35. The molecule has 0 saturated carbocycles. The summed E-state index contributed by atoms with van der Waals surface area (Å²) in [4.78, 5) is 0. The lowest BCUT2D eigenvalue weighted by Crippen LogP contribution is -2.33. The summed E-state index contributed by atoms with van der Waals surface area (Å²) in [6.07, 6.45) is 6.46. The lowest BCUT2D eigenvalue weighted by Gasteiger charge is -2.23. The molecule has 1 aliphatic rings. The van der Waals surface area contributed by atoms with Gasteiger partial charge in [0.25, 0.3) is 0 Å². The third-order valence-electron chi connectivity index (χ3n) is 3.38. The highest BCUT2D eigenvalue weighted by Gasteiger charge is 2.12. The highest BCUT2D eigenvalue weighted by Crippen LogP contribution is 2.07. The van der Waals surface area contributed by atoms with Gasteiger partial charge in [-0.25, -0.2) is 0 Å². The molecule has 1 rings (SSSR count). The molecule has 0 aromatic heterocycles. The quantitative estimate of drug-likeness (QED) is 0.623. The number of hydrogen-bond acceptors (Lipinski definition) is 3. The molecule has 1 fully saturated rings. The van der Waals surface area contributed by atoms with Gasteiger partial charge in [-0.1, -0.05) is 13.8 Å². The number of nitrogens with one attached hydrogen (secondary N) is 2. The zero-order chi connectivity index (χ0) is 11.6. The van der Waals surface area contributed by atoms with E-state index in [1.165, 1.54) is 25.7 Å². The van der Waals surface area contributed by atoms with Gasteiger partial charge < -0.3 is 15.4 Å². The highest BCUT2D eigenvalue weighted by molar-refractivity contribution is 4.68. The summed E-state index contributed by atoms with van der Waals surface area (Å²) in [5.41, 5.74) is 0. The fourth-order valence-electron chi connectivity index (χ4n) is 2.17. The first-order chi connectivity index (χ1) is 7.86. The molecule has 1 saturated heterocycles. The van der Waals surface area contributed by atoms with E-state index in [0.717, 1.165) is 32.7 Å². The Balaban J connectivity index is 1.90. The largest absolute Gasteiger partial charge is 0.378 e. The summed E-state index contributed by atoms with van der Waals surface area (Å²) in [5.74, 6) is 0. The van der Waals surface area contributed by atoms with Crippen LogP contribution in [0.4, 0.5) is 0 Å². The van der Waals surface area contributed by atoms with Crippen LogP contribution in [-0.2, 0) is 4.74 Å². The van der Waals surface area contributed by atoms with Crippen LogP contribution < -0.4 is 10.6 Å². The third-order valence-corrected chi connectivity index (χ3v) is 3.38. The minimum atomic E-state index is 0.509. The van der Waals surface area contributed by atoms with E-state index in [1.54, 1.807) is 0 Å². The zero-order valence-corrected chi connectivity index (χ0v) is 10.9. The van der Waals surface area contributed by atoms with Gasteiger partial charge in [0.2, 0.25) is 0 Å². The highest BCUT2D eigenvalue weighted by atomic mass is 16.5. The van der Waals surface area contributed by atoms with Crippen LogP contribution in [0.25, 0.3) is 0 Å². The number of rotatable bonds is 8. The third kappa shape index (κ3) is 5.83. The van der Waals surface area contributed by atoms with Crippen LogP contribution >= 0.6 is 0 Å². The van der Waals surface area contributed by atoms with Gasteiger partial charge in [-0.2, -0.15) is 0 Å². The van der Waals surface area contributed by atoms with Crippen molar-refractivity contribution in [2.45, 2.75) is 58.1 Å². The smallest absolute Gasteiger partial charge is 0.0599 e. The summed E-state index contributed by atoms with van der Waals surface area (Å²) in [6, 6.07) is 0.693. The van der Waals surface area contributed by atoms with Crippen LogP contribution in [0.1, 0.15) is 46.0 Å². The molecule has 0 spiro atoms. The first kappa shape index (κ1) is 13.9. The molecule has 16 heavy (non-hydrogen) atoms. The molecular weight excluding hydrogens is 200 g/mol. The maximum atomic E-state index is 5.85. The van der Waals surface area contributed by atoms with Crippen LogP contribution in [0.5, 0.6) is 0 Å². The molecule has 2 N–H and O–H groups in total. The molecule has 0 amide bonds. The van der Waals surface area contributed by atoms with E-state index in [0.29, 0.717) is 12.1 Å². The Morgan fingerprint density at radius 3 is 2.56 bits per heavy atom. The van der Waals surface area contributed by atoms with Crippen molar-refractivity contribution >= 4 is 0 Å². The Labute approximate surface area is 100 Å². The zero-order valence-electron chi connectivity index (χ0n) is 10.9. The lowest BCUT2D eigenvalue weighted by molar-refractivity contribution is 0.0315. The summed E-state index contributed by atoms with van der Waals surface area (Å²) in [6.45, 7) is 8.74. The van der Waals surface area contributed by atoms with E-state index in [2.05, 4.69) is 24.5 Å². The van der Waals surface area contributed by atoms with Crippen molar-refractivity contribution in [1.29, 1.82) is 0 Å². The maximum Gasteiger partial charge on any atom is 0.0599 e. The van der Waals surface area contributed by atoms with E-state index in [1.807, 2.05) is 0 Å². The Hall–Kier alpha value is -0.120. The minimum Gasteiger partial charge on any atom is -0.378 e. The summed E-state index contributed by atoms with van der Waals surface area (Å²) in [7, 11) is 0. The van der Waals surface area contributed by atoms with Gasteiger partial charge in [-0.15, -0.1) is 0 Å². The summed E-state index contributed by atoms with van der Waals surface area (Å²) >= 11 is 0. The van der Waals surface area contributed by atoms with Gasteiger partial charge in [0.05, 0.1) is 6.10 Å². The summed E-state index contributed by atoms with van der Waals surface area (Å²) < 4.78 is 5.85. The fourth-order valence-corrected chi connectivity index (χ4v) is 2.17. The molecule has 96 valence electrons. The Bertz CT molecular complexity index is 154. The normalized spacial score (nSPS) is 18.2. The van der Waals surface area contributed by atoms with Crippen molar-refractivity contribution in [3.8, 4) is 0 Å². The minimum absolute atomic E-state index is 0.509. The van der Waals surface area contributed by atoms with E-state index in [-0.39, 0.29) is 0 Å². The topological polar surface area (TPSA) is 33.3 Å². The molecule has 0 aromatic carbocycles. The van der Waals surface area contributed by atoms with Gasteiger partial charge in [-0.05, 0) is 51.7 Å². The standard InChI is InChI=1S/C13H28N2O/c1-3-12(4-2)15-8-5-11-16-13-6-9-14-10-7-13/h12-15H,3-11H2,1-2H3. The molecule has 3 heteroatoms. The van der Waals surface area contributed by atoms with Crippen molar-refractivity contribution in [2.75, 3.05) is 26.2 Å². The average molecular weight is 228 g/mol. The van der Waals surface area contributed by atoms with E-state index < -0.39 is 0 Å². The Kier molecular flexibility index (Phi) is 7.81. The number of piperidine rings is 1. The first-order valence-corrected chi connectivity index (χ1v) is 6.92. The van der Waals surface area contributed by atoms with Crippen LogP contribution in [0.3, 0.4) is 0 Å². The molecule has 0 bridgehead atoms. The molecule has 1 aliphatic heterocycles. The lowest BCUT2D eigenvalue weighted by atomic mass is 10.1. The Morgan fingerprint density at radius 2 is 1.94 bits per heavy atom. The van der Waals surface area contributed by atoms with Crippen molar-refractivity contribution < 1.29 is 4.74 Å². The molecule has 0 atom stereocenters. The van der Waals surface area contributed by atoms with E-state index >= 15 is 0 Å². The molecule has 0 unspecified atom stereocenters. The SMILES string of the molecule is CCC(CC)NCCCOC1CCNCC1. The molecule has 0 radical (unpaired) electrons. The van der Waals surface area contributed by atoms with Gasteiger partial charge in [0, 0.05) is 12.6 Å². The fraction of sp³-hybridized carbons (Fsp3) is 1.00. The monoisotopic (exact) mass is 228 g/mol. The van der Waals surface area contributed by atoms with Crippen LogP contribution in [-0.4, -0.2) is 38.4 Å². The predicted octanol–water partition coefficient (Wildman–Crippen LogP) is 1.92. The molecular formula is C13H28N2O. The van der Waals surface area contributed by atoms with Crippen molar-refractivity contribution in [1.82, 2.24) is 10.6 Å². The molecule has 1 heterocycles. The van der Waals surface area contributed by atoms with Crippen molar-refractivity contribution in [3.63, 3.8) is 0 Å². The van der Waals surface area contributed by atoms with Gasteiger partial charge in [0.1, 0.15) is 0 Å².